The number of aromatic nitrogens is 1. The number of H-pyrrole nitrogens is 1. The zero-order valence-corrected chi connectivity index (χ0v) is 6.94. The van der Waals surface area contributed by atoms with E-state index in [2.05, 4.69) is 16.8 Å². The van der Waals surface area contributed by atoms with Gasteiger partial charge in [-0.25, -0.2) is 6.57 Å². The normalized spacial score (nSPS) is 9.55. The summed E-state index contributed by atoms with van der Waals surface area (Å²) in [4.78, 5) is 6.47. The minimum atomic E-state index is 0.597. The molecule has 1 heterocycles. The molecule has 0 atom stereocenters. The lowest BCUT2D eigenvalue weighted by Crippen LogP contribution is -1.90. The molecule has 0 spiro atoms. The standard InChI is InChI=1S/C9H12N2/c1-7-6-11-8(2)9(7)4-5-10-3/h6,11H,4-5H2,1-2H3. The molecule has 1 rings (SSSR count). The first-order valence-corrected chi connectivity index (χ1v) is 3.72. The third kappa shape index (κ3) is 1.62. The molecule has 0 amide bonds. The van der Waals surface area contributed by atoms with E-state index in [1.807, 2.05) is 13.1 Å². The van der Waals surface area contributed by atoms with E-state index in [0.29, 0.717) is 6.54 Å². The minimum Gasteiger partial charge on any atom is -0.365 e. The van der Waals surface area contributed by atoms with Crippen LogP contribution < -0.4 is 0 Å². The highest BCUT2D eigenvalue weighted by molar-refractivity contribution is 5.29. The second-order valence-corrected chi connectivity index (χ2v) is 2.71. The van der Waals surface area contributed by atoms with Gasteiger partial charge < -0.3 is 9.83 Å². The fraction of sp³-hybridized carbons (Fsp3) is 0.444. The van der Waals surface area contributed by atoms with Crippen molar-refractivity contribution in [2.45, 2.75) is 20.3 Å². The molecule has 0 aliphatic heterocycles. The molecule has 0 fully saturated rings. The number of hydrogen-bond acceptors (Lipinski definition) is 0. The van der Waals surface area contributed by atoms with Crippen LogP contribution in [0.4, 0.5) is 0 Å². The fourth-order valence-corrected chi connectivity index (χ4v) is 1.24. The SMILES string of the molecule is [C-]#[N+]CCc1c(C)c[nH]c1C. The summed E-state index contributed by atoms with van der Waals surface area (Å²) < 4.78 is 0. The van der Waals surface area contributed by atoms with E-state index in [9.17, 15) is 0 Å². The maximum atomic E-state index is 6.66. The molecule has 0 aliphatic rings. The molecule has 0 radical (unpaired) electrons. The van der Waals surface area contributed by atoms with Gasteiger partial charge in [0, 0.05) is 18.3 Å². The van der Waals surface area contributed by atoms with Crippen LogP contribution in [0, 0.1) is 20.4 Å². The number of rotatable bonds is 2. The summed E-state index contributed by atoms with van der Waals surface area (Å²) in [6.45, 7) is 11.4. The molecule has 0 saturated heterocycles. The van der Waals surface area contributed by atoms with Crippen LogP contribution in [0.5, 0.6) is 0 Å². The second-order valence-electron chi connectivity index (χ2n) is 2.71. The second kappa shape index (κ2) is 3.25. The Bertz CT molecular complexity index is 259. The summed E-state index contributed by atoms with van der Waals surface area (Å²) in [5.41, 5.74) is 3.78. The van der Waals surface area contributed by atoms with Gasteiger partial charge in [0.05, 0.1) is 0 Å². The van der Waals surface area contributed by atoms with E-state index in [1.54, 1.807) is 0 Å². The van der Waals surface area contributed by atoms with E-state index in [0.717, 1.165) is 6.42 Å². The summed E-state index contributed by atoms with van der Waals surface area (Å²) in [5.74, 6) is 0. The summed E-state index contributed by atoms with van der Waals surface area (Å²) in [6, 6.07) is 0. The lowest BCUT2D eigenvalue weighted by Gasteiger charge is -1.94. The van der Waals surface area contributed by atoms with E-state index < -0.39 is 0 Å². The van der Waals surface area contributed by atoms with Crippen LogP contribution >= 0.6 is 0 Å². The molecule has 0 bridgehead atoms. The van der Waals surface area contributed by atoms with Crippen LogP contribution in [0.2, 0.25) is 0 Å². The third-order valence-corrected chi connectivity index (χ3v) is 1.91. The van der Waals surface area contributed by atoms with Gasteiger partial charge in [0.25, 0.3) is 0 Å². The molecule has 1 aromatic heterocycles. The lowest BCUT2D eigenvalue weighted by molar-refractivity contribution is 1.04. The highest BCUT2D eigenvalue weighted by Gasteiger charge is 2.04. The van der Waals surface area contributed by atoms with Crippen molar-refractivity contribution < 1.29 is 0 Å². The Balaban J connectivity index is 2.77. The van der Waals surface area contributed by atoms with Crippen molar-refractivity contribution in [3.63, 3.8) is 0 Å². The van der Waals surface area contributed by atoms with Gasteiger partial charge in [0.15, 0.2) is 0 Å². The Labute approximate surface area is 67.1 Å². The van der Waals surface area contributed by atoms with Gasteiger partial charge in [-0.15, -0.1) is 0 Å². The number of hydrogen-bond donors (Lipinski definition) is 1. The van der Waals surface area contributed by atoms with Gasteiger partial charge in [0.1, 0.15) is 0 Å². The first-order chi connectivity index (χ1) is 5.25. The molecule has 58 valence electrons. The minimum absolute atomic E-state index is 0.597. The zero-order valence-electron chi connectivity index (χ0n) is 6.94. The molecule has 0 aliphatic carbocycles. The van der Waals surface area contributed by atoms with Crippen LogP contribution in [-0.4, -0.2) is 11.5 Å². The van der Waals surface area contributed by atoms with Crippen molar-refractivity contribution in [3.8, 4) is 0 Å². The average molecular weight is 148 g/mol. The molecule has 1 N–H and O–H groups in total. The maximum absolute atomic E-state index is 6.66. The molecule has 2 nitrogen and oxygen atoms in total. The van der Waals surface area contributed by atoms with Gasteiger partial charge in [-0.1, -0.05) is 0 Å². The highest BCUT2D eigenvalue weighted by atomic mass is 14.7. The van der Waals surface area contributed by atoms with Crippen LogP contribution in [0.3, 0.4) is 0 Å². The monoisotopic (exact) mass is 148 g/mol. The Kier molecular flexibility index (Phi) is 2.32. The zero-order chi connectivity index (χ0) is 8.27. The Morgan fingerprint density at radius 2 is 2.27 bits per heavy atom. The lowest BCUT2D eigenvalue weighted by atomic mass is 10.1. The van der Waals surface area contributed by atoms with Gasteiger partial charge in [-0.05, 0) is 25.0 Å². The highest BCUT2D eigenvalue weighted by Crippen LogP contribution is 2.12. The Hall–Kier alpha value is -1.23. The molecule has 1 aromatic rings. The number of nitrogens with zero attached hydrogens (tertiary/aromatic N) is 1. The molecular formula is C9H12N2. The molecule has 0 aromatic carbocycles. The largest absolute Gasteiger partial charge is 0.365 e. The molecule has 11 heavy (non-hydrogen) atoms. The van der Waals surface area contributed by atoms with E-state index in [4.69, 9.17) is 6.57 Å². The molecular weight excluding hydrogens is 136 g/mol. The van der Waals surface area contributed by atoms with Gasteiger partial charge in [-0.3, -0.25) is 0 Å². The van der Waals surface area contributed by atoms with Crippen molar-refractivity contribution in [2.24, 2.45) is 0 Å². The maximum Gasteiger partial charge on any atom is 0.218 e. The average Bonchev–Trinajstić information content (AvgIpc) is 2.29. The van der Waals surface area contributed by atoms with E-state index >= 15 is 0 Å². The van der Waals surface area contributed by atoms with Gasteiger partial charge in [-0.2, -0.15) is 0 Å². The quantitative estimate of drug-likeness (QED) is 0.620. The summed E-state index contributed by atoms with van der Waals surface area (Å²) >= 11 is 0. The predicted octanol–water partition coefficient (Wildman–Crippen LogP) is 2.09. The van der Waals surface area contributed by atoms with E-state index in [1.165, 1.54) is 16.8 Å². The van der Waals surface area contributed by atoms with Crippen molar-refractivity contribution in [2.75, 3.05) is 6.54 Å². The smallest absolute Gasteiger partial charge is 0.218 e. The first kappa shape index (κ1) is 7.87. The van der Waals surface area contributed by atoms with Crippen molar-refractivity contribution in [1.29, 1.82) is 0 Å². The molecule has 2 heteroatoms. The van der Waals surface area contributed by atoms with Crippen molar-refractivity contribution in [1.82, 2.24) is 4.98 Å². The number of aromatic amines is 1. The molecule has 0 unspecified atom stereocenters. The van der Waals surface area contributed by atoms with Gasteiger partial charge >= 0.3 is 0 Å². The van der Waals surface area contributed by atoms with Crippen LogP contribution in [0.15, 0.2) is 6.20 Å². The summed E-state index contributed by atoms with van der Waals surface area (Å²) in [6.07, 6.45) is 2.87. The van der Waals surface area contributed by atoms with Crippen LogP contribution in [-0.2, 0) is 6.42 Å². The summed E-state index contributed by atoms with van der Waals surface area (Å²) in [5, 5.41) is 0. The summed E-state index contributed by atoms with van der Waals surface area (Å²) in [7, 11) is 0. The topological polar surface area (TPSA) is 20.1 Å². The fourth-order valence-electron chi connectivity index (χ4n) is 1.24. The third-order valence-electron chi connectivity index (χ3n) is 1.91. The first-order valence-electron chi connectivity index (χ1n) is 3.72. The van der Waals surface area contributed by atoms with Crippen molar-refractivity contribution in [3.05, 3.63) is 34.4 Å². The van der Waals surface area contributed by atoms with Crippen molar-refractivity contribution >= 4 is 0 Å². The van der Waals surface area contributed by atoms with Crippen LogP contribution in [0.25, 0.3) is 4.85 Å². The predicted molar refractivity (Wildman–Crippen MR) is 45.4 cm³/mol. The van der Waals surface area contributed by atoms with Crippen LogP contribution in [0.1, 0.15) is 16.8 Å². The Morgan fingerprint density at radius 1 is 1.55 bits per heavy atom. The number of aryl methyl sites for hydroxylation is 2. The van der Waals surface area contributed by atoms with Gasteiger partial charge in [0.2, 0.25) is 6.54 Å². The number of nitrogens with one attached hydrogen (secondary N) is 1. The Morgan fingerprint density at radius 3 is 2.73 bits per heavy atom. The van der Waals surface area contributed by atoms with E-state index in [-0.39, 0.29) is 0 Å². The molecule has 0 saturated carbocycles.